The molecule has 3 saturated heterocycles. The number of nitrogens with zero attached hydrogens (tertiary/aromatic N) is 1. The van der Waals surface area contributed by atoms with Crippen molar-refractivity contribution in [2.45, 2.75) is 113 Å². The van der Waals surface area contributed by atoms with Crippen molar-refractivity contribution in [2.75, 3.05) is 29.6 Å². The number of unbranched alkanes of at least 4 members (excludes halogenated alkanes) is 2. The first-order valence-electron chi connectivity index (χ1n) is 23.2. The van der Waals surface area contributed by atoms with Gasteiger partial charge in [0.15, 0.2) is 0 Å². The van der Waals surface area contributed by atoms with Gasteiger partial charge in [0.25, 0.3) is 0 Å². The van der Waals surface area contributed by atoms with Crippen molar-refractivity contribution in [1.82, 2.24) is 16.0 Å². The molecule has 7 atom stereocenters. The number of aliphatic hydroxyl groups excluding tert-OH is 1. The minimum absolute atomic E-state index is 0.0141. The van der Waals surface area contributed by atoms with Gasteiger partial charge in [0.1, 0.15) is 11.8 Å². The number of hydrogen-bond donors (Lipinski definition) is 5. The third kappa shape index (κ3) is 12.8. The molecule has 3 aliphatic rings. The van der Waals surface area contributed by atoms with Crippen molar-refractivity contribution in [3.8, 4) is 5.75 Å². The molecule has 0 saturated carbocycles. The van der Waals surface area contributed by atoms with Gasteiger partial charge in [-0.15, -0.1) is 0 Å². The molecule has 3 aliphatic heterocycles. The number of carbonyl (C=O) groups excluding carboxylic acids is 5. The fourth-order valence-corrected chi connectivity index (χ4v) is 11.1. The zero-order chi connectivity index (χ0) is 45.7. The third-order valence-electron chi connectivity index (χ3n) is 13.1. The van der Waals surface area contributed by atoms with E-state index in [1.165, 1.54) is 0 Å². The lowest BCUT2D eigenvalue weighted by Crippen LogP contribution is -2.55. The summed E-state index contributed by atoms with van der Waals surface area (Å²) in [5.41, 5.74) is 5.21. The van der Waals surface area contributed by atoms with Crippen molar-refractivity contribution in [3.63, 3.8) is 0 Å². The number of anilines is 2. The van der Waals surface area contributed by atoms with Crippen molar-refractivity contribution in [1.29, 1.82) is 0 Å². The van der Waals surface area contributed by atoms with E-state index < -0.39 is 12.1 Å². The topological polar surface area (TPSA) is 166 Å². The molecule has 0 spiro atoms. The highest BCUT2D eigenvalue weighted by molar-refractivity contribution is 8.00. The Morgan fingerprint density at radius 3 is 2.32 bits per heavy atom. The summed E-state index contributed by atoms with van der Waals surface area (Å²) in [5, 5.41) is 23.4. The summed E-state index contributed by atoms with van der Waals surface area (Å²) in [7, 11) is 1.62. The van der Waals surface area contributed by atoms with Crippen LogP contribution in [0.15, 0.2) is 103 Å². The Bertz CT molecular complexity index is 2220. The van der Waals surface area contributed by atoms with Gasteiger partial charge in [-0.1, -0.05) is 78.7 Å². The molecule has 0 radical (unpaired) electrons. The quantitative estimate of drug-likeness (QED) is 0.0395. The van der Waals surface area contributed by atoms with Crippen LogP contribution in [0, 0.1) is 18.8 Å². The van der Waals surface area contributed by atoms with Crippen molar-refractivity contribution in [3.05, 3.63) is 125 Å². The Kier molecular flexibility index (Phi) is 16.7. The number of nitrogens with one attached hydrogen (secondary N) is 4. The second-order valence-electron chi connectivity index (χ2n) is 17.7. The highest BCUT2D eigenvalue weighted by atomic mass is 32.2. The molecule has 3 fully saturated rings. The first-order valence-corrected chi connectivity index (χ1v) is 24.2. The maximum atomic E-state index is 13.7. The molecule has 3 heterocycles. The van der Waals surface area contributed by atoms with Crippen LogP contribution in [0.25, 0.3) is 0 Å². The van der Waals surface area contributed by atoms with E-state index in [0.717, 1.165) is 65.1 Å². The largest absolute Gasteiger partial charge is 0.497 e. The standard InChI is InChI=1S/C52H63N5O7S/c1-34-15-17-35(18-16-34)32-43(55-48(60)13-7-6-12-46-41-28-30-49(61)56-44(41)33-65-46)51(62)53-31-9-8-14-47(59)54-38-21-23-39(24-22-38)57-50(37-19-25-40(64-2)26-20-37)42(52(57)63)27-29-45(58)36-10-4-3-5-11-36/h3-5,10-11,15-26,41-46,50,58H,6-9,12-14,27-33H2,1-2H3,(H,53,62)(H,54,59)(H,55,60)(H,56,61)/t41?,42?,43?,44?,45-,46?,50?/m0/s1. The number of hydrogen-bond acceptors (Lipinski definition) is 8. The summed E-state index contributed by atoms with van der Waals surface area (Å²) in [6, 6.07) is 31.8. The molecule has 12 nitrogen and oxygen atoms in total. The van der Waals surface area contributed by atoms with E-state index in [0.29, 0.717) is 68.3 Å². The first kappa shape index (κ1) is 47.3. The van der Waals surface area contributed by atoms with Crippen molar-refractivity contribution < 1.29 is 33.8 Å². The summed E-state index contributed by atoms with van der Waals surface area (Å²) in [5.74, 6) is 1.50. The number of amides is 5. The molecule has 7 rings (SSSR count). The third-order valence-corrected chi connectivity index (χ3v) is 14.6. The lowest BCUT2D eigenvalue weighted by atomic mass is 9.78. The van der Waals surface area contributed by atoms with Crippen molar-refractivity contribution in [2.24, 2.45) is 11.8 Å². The van der Waals surface area contributed by atoms with E-state index in [1.54, 1.807) is 24.1 Å². The molecular formula is C52H63N5O7S. The van der Waals surface area contributed by atoms with Gasteiger partial charge in [-0.3, -0.25) is 24.0 Å². The van der Waals surface area contributed by atoms with Gasteiger partial charge in [0.05, 0.1) is 25.2 Å². The summed E-state index contributed by atoms with van der Waals surface area (Å²) in [4.78, 5) is 66.8. The normalized spacial score (nSPS) is 21.0. The van der Waals surface area contributed by atoms with Crippen LogP contribution in [0.3, 0.4) is 0 Å². The van der Waals surface area contributed by atoms with E-state index in [-0.39, 0.29) is 54.0 Å². The van der Waals surface area contributed by atoms with E-state index in [1.807, 2.05) is 110 Å². The number of carbonyl (C=O) groups is 5. The molecular weight excluding hydrogens is 839 g/mol. The van der Waals surface area contributed by atoms with Gasteiger partial charge in [-0.25, -0.2) is 0 Å². The number of methoxy groups -OCH3 is 1. The molecule has 6 unspecified atom stereocenters. The Morgan fingerprint density at radius 1 is 0.862 bits per heavy atom. The Morgan fingerprint density at radius 2 is 1.58 bits per heavy atom. The van der Waals surface area contributed by atoms with Crippen LogP contribution < -0.4 is 30.9 Å². The lowest BCUT2D eigenvalue weighted by molar-refractivity contribution is -0.131. The number of ether oxygens (including phenoxy) is 1. The number of thioether (sulfide) groups is 1. The summed E-state index contributed by atoms with van der Waals surface area (Å²) >= 11 is 1.93. The van der Waals surface area contributed by atoms with Crippen molar-refractivity contribution >= 4 is 52.7 Å². The molecule has 0 aromatic heterocycles. The highest BCUT2D eigenvalue weighted by Gasteiger charge is 2.48. The summed E-state index contributed by atoms with van der Waals surface area (Å²) in [6.07, 6.45) is 6.66. The van der Waals surface area contributed by atoms with Gasteiger partial charge in [0, 0.05) is 60.6 Å². The second-order valence-corrected chi connectivity index (χ2v) is 19.0. The van der Waals surface area contributed by atoms with Gasteiger partial charge >= 0.3 is 0 Å². The first-order chi connectivity index (χ1) is 31.6. The average Bonchev–Trinajstić information content (AvgIpc) is 3.72. The molecule has 4 aromatic rings. The van der Waals surface area contributed by atoms with Crippen LogP contribution >= 0.6 is 11.8 Å². The van der Waals surface area contributed by atoms with Crippen LogP contribution in [-0.4, -0.2) is 71.4 Å². The zero-order valence-corrected chi connectivity index (χ0v) is 38.3. The summed E-state index contributed by atoms with van der Waals surface area (Å²) in [6.45, 7) is 2.38. The number of rotatable bonds is 22. The zero-order valence-electron chi connectivity index (χ0n) is 37.5. The van der Waals surface area contributed by atoms with Crippen LogP contribution in [-0.2, 0) is 30.4 Å². The number of aliphatic hydroxyl groups is 1. The Hall–Kier alpha value is -5.66. The average molecular weight is 902 g/mol. The maximum Gasteiger partial charge on any atom is 0.242 e. The van der Waals surface area contributed by atoms with E-state index in [2.05, 4.69) is 21.3 Å². The molecule has 0 bridgehead atoms. The van der Waals surface area contributed by atoms with Crippen LogP contribution in [0.2, 0.25) is 0 Å². The van der Waals surface area contributed by atoms with E-state index in [9.17, 15) is 29.1 Å². The van der Waals surface area contributed by atoms with E-state index in [4.69, 9.17) is 4.74 Å². The number of piperidine rings is 1. The number of benzene rings is 4. The number of fused-ring (bicyclic) bond motifs is 1. The Labute approximate surface area is 387 Å². The lowest BCUT2D eigenvalue weighted by Gasteiger charge is -2.48. The van der Waals surface area contributed by atoms with E-state index >= 15 is 0 Å². The predicted molar refractivity (Wildman–Crippen MR) is 255 cm³/mol. The molecule has 5 amide bonds. The Balaban J connectivity index is 0.850. The molecule has 0 aliphatic carbocycles. The second kappa shape index (κ2) is 23.0. The fraction of sp³-hybridized carbons (Fsp3) is 0.442. The smallest absolute Gasteiger partial charge is 0.242 e. The molecule has 5 N–H and O–H groups in total. The highest BCUT2D eigenvalue weighted by Crippen LogP contribution is 2.47. The molecule has 13 heteroatoms. The maximum absolute atomic E-state index is 13.7. The minimum atomic E-state index is -0.718. The van der Waals surface area contributed by atoms with Crippen LogP contribution in [0.5, 0.6) is 5.75 Å². The molecule has 344 valence electrons. The monoisotopic (exact) mass is 901 g/mol. The van der Waals surface area contributed by atoms with Gasteiger partial charge in [-0.2, -0.15) is 11.8 Å². The van der Waals surface area contributed by atoms with Gasteiger partial charge in [-0.05, 0) is 111 Å². The van der Waals surface area contributed by atoms with Crippen LogP contribution in [0.4, 0.5) is 11.4 Å². The SMILES string of the molecule is COc1ccc(C2C(CC[C@H](O)c3ccccc3)C(=O)N2c2ccc(NC(=O)CCCCNC(=O)C(Cc3ccc(C)cc3)NC(=O)CCCCC3SCC4NC(=O)CCC43)cc2)cc1. The molecule has 4 aromatic carbocycles. The summed E-state index contributed by atoms with van der Waals surface area (Å²) < 4.78 is 5.37. The molecule has 65 heavy (non-hydrogen) atoms. The number of aryl methyl sites for hydroxylation is 1. The van der Waals surface area contributed by atoms with Gasteiger partial charge < -0.3 is 36.0 Å². The van der Waals surface area contributed by atoms with Crippen LogP contribution in [0.1, 0.15) is 105 Å². The minimum Gasteiger partial charge on any atom is -0.497 e. The number of β-lactam (4-membered cyclic amide) rings is 1. The van der Waals surface area contributed by atoms with Gasteiger partial charge in [0.2, 0.25) is 29.5 Å². The predicted octanol–water partition coefficient (Wildman–Crippen LogP) is 7.74. The fourth-order valence-electron chi connectivity index (χ4n) is 9.36.